The minimum absolute atomic E-state index is 0.103. The van der Waals surface area contributed by atoms with Crippen LogP contribution < -0.4 is 0 Å². The summed E-state index contributed by atoms with van der Waals surface area (Å²) in [6, 6.07) is 15.0. The molecule has 1 heteroatoms. The first-order chi connectivity index (χ1) is 12.3. The van der Waals surface area contributed by atoms with Crippen molar-refractivity contribution in [3.63, 3.8) is 0 Å². The lowest BCUT2D eigenvalue weighted by molar-refractivity contribution is 0.104. The molecule has 1 nitrogen and oxygen atoms in total. The molecule has 2 aromatic carbocycles. The predicted molar refractivity (Wildman–Crippen MR) is 104 cm³/mol. The number of hydrogen-bond donors (Lipinski definition) is 0. The molecule has 1 saturated carbocycles. The quantitative estimate of drug-likeness (QED) is 0.487. The Labute approximate surface area is 150 Å². The first-order valence-corrected chi connectivity index (χ1v) is 9.74. The number of hydrogen-bond acceptors (Lipinski definition) is 1. The fourth-order valence-electron chi connectivity index (χ4n) is 4.31. The Morgan fingerprint density at radius 2 is 1.60 bits per heavy atom. The monoisotopic (exact) mass is 330 g/mol. The van der Waals surface area contributed by atoms with Gasteiger partial charge in [0.05, 0.1) is 0 Å². The van der Waals surface area contributed by atoms with E-state index in [0.717, 1.165) is 29.9 Å². The van der Waals surface area contributed by atoms with Gasteiger partial charge in [0.25, 0.3) is 0 Å². The summed E-state index contributed by atoms with van der Waals surface area (Å²) in [6.45, 7) is 0. The molecule has 0 heterocycles. The van der Waals surface area contributed by atoms with Crippen molar-refractivity contribution in [2.75, 3.05) is 0 Å². The zero-order chi connectivity index (χ0) is 17.1. The molecule has 0 N–H and O–H groups in total. The number of benzene rings is 2. The van der Waals surface area contributed by atoms with E-state index in [1.807, 2.05) is 12.1 Å². The van der Waals surface area contributed by atoms with Crippen molar-refractivity contribution in [3.8, 4) is 0 Å². The standard InChI is InChI=1S/C24H26O/c25-24(23-15-14-20-7-4-8-22(20)17-23)16-11-18-9-12-21(13-10-18)19-5-2-1-3-6-19/h9-17,19H,1-8H2. The van der Waals surface area contributed by atoms with Crippen LogP contribution in [0.25, 0.3) is 6.08 Å². The highest BCUT2D eigenvalue weighted by Crippen LogP contribution is 2.32. The molecule has 0 radical (unpaired) electrons. The number of aryl methyl sites for hydroxylation is 2. The number of carbonyl (C=O) groups excluding carboxylic acids is 1. The van der Waals surface area contributed by atoms with Gasteiger partial charge in [-0.15, -0.1) is 0 Å². The maximum atomic E-state index is 12.4. The fraction of sp³-hybridized carbons (Fsp3) is 0.375. The molecule has 0 aliphatic heterocycles. The number of fused-ring (bicyclic) bond motifs is 1. The Kier molecular flexibility index (Phi) is 4.83. The van der Waals surface area contributed by atoms with Gasteiger partial charge in [-0.05, 0) is 72.4 Å². The molecule has 2 aliphatic carbocycles. The SMILES string of the molecule is O=C(C=Cc1ccc(C2CCCCC2)cc1)c1ccc2c(c1)CCC2. The molecule has 1 fully saturated rings. The normalized spacial score (nSPS) is 17.8. The van der Waals surface area contributed by atoms with Gasteiger partial charge in [0, 0.05) is 5.56 Å². The largest absolute Gasteiger partial charge is 0.289 e. The van der Waals surface area contributed by atoms with Crippen LogP contribution in [0.4, 0.5) is 0 Å². The third-order valence-corrected chi connectivity index (χ3v) is 5.82. The summed E-state index contributed by atoms with van der Waals surface area (Å²) in [5.41, 5.74) is 6.15. The first-order valence-electron chi connectivity index (χ1n) is 9.74. The van der Waals surface area contributed by atoms with Crippen LogP contribution >= 0.6 is 0 Å². The summed E-state index contributed by atoms with van der Waals surface area (Å²) in [5.74, 6) is 0.839. The summed E-state index contributed by atoms with van der Waals surface area (Å²) in [7, 11) is 0. The highest BCUT2D eigenvalue weighted by atomic mass is 16.1. The van der Waals surface area contributed by atoms with Gasteiger partial charge in [-0.3, -0.25) is 4.79 Å². The maximum absolute atomic E-state index is 12.4. The second-order valence-corrected chi connectivity index (χ2v) is 7.54. The van der Waals surface area contributed by atoms with E-state index in [-0.39, 0.29) is 5.78 Å². The minimum Gasteiger partial charge on any atom is -0.289 e. The summed E-state index contributed by atoms with van der Waals surface area (Å²) in [5, 5.41) is 0. The van der Waals surface area contributed by atoms with Crippen LogP contribution in [-0.2, 0) is 12.8 Å². The van der Waals surface area contributed by atoms with Gasteiger partial charge in [-0.1, -0.05) is 61.7 Å². The Morgan fingerprint density at radius 3 is 2.40 bits per heavy atom. The third-order valence-electron chi connectivity index (χ3n) is 5.82. The van der Waals surface area contributed by atoms with Crippen molar-refractivity contribution in [1.29, 1.82) is 0 Å². The Balaban J connectivity index is 1.43. The molecule has 4 rings (SSSR count). The zero-order valence-corrected chi connectivity index (χ0v) is 14.8. The topological polar surface area (TPSA) is 17.1 Å². The van der Waals surface area contributed by atoms with Gasteiger partial charge < -0.3 is 0 Å². The van der Waals surface area contributed by atoms with Crippen molar-refractivity contribution >= 4 is 11.9 Å². The van der Waals surface area contributed by atoms with Crippen molar-refractivity contribution in [1.82, 2.24) is 0 Å². The number of carbonyl (C=O) groups is 1. The predicted octanol–water partition coefficient (Wildman–Crippen LogP) is 6.12. The highest BCUT2D eigenvalue weighted by molar-refractivity contribution is 6.07. The fourth-order valence-corrected chi connectivity index (χ4v) is 4.31. The van der Waals surface area contributed by atoms with Crippen LogP contribution in [0.15, 0.2) is 48.5 Å². The van der Waals surface area contributed by atoms with E-state index in [1.54, 1.807) is 6.08 Å². The van der Waals surface area contributed by atoms with E-state index in [0.29, 0.717) is 0 Å². The molecule has 0 unspecified atom stereocenters. The molecule has 0 bridgehead atoms. The van der Waals surface area contributed by atoms with Crippen LogP contribution in [-0.4, -0.2) is 5.78 Å². The molecular formula is C24H26O. The van der Waals surface area contributed by atoms with Crippen molar-refractivity contribution < 1.29 is 4.79 Å². The number of rotatable bonds is 4. The Bertz CT molecular complexity index is 776. The smallest absolute Gasteiger partial charge is 0.185 e. The van der Waals surface area contributed by atoms with E-state index in [9.17, 15) is 4.79 Å². The van der Waals surface area contributed by atoms with Crippen LogP contribution in [0.3, 0.4) is 0 Å². The van der Waals surface area contributed by atoms with E-state index in [2.05, 4.69) is 36.4 Å². The highest BCUT2D eigenvalue weighted by Gasteiger charge is 2.15. The number of allylic oxidation sites excluding steroid dienone is 1. The van der Waals surface area contributed by atoms with Gasteiger partial charge in [-0.2, -0.15) is 0 Å². The first kappa shape index (κ1) is 16.3. The minimum atomic E-state index is 0.103. The van der Waals surface area contributed by atoms with Crippen molar-refractivity contribution in [2.24, 2.45) is 0 Å². The van der Waals surface area contributed by atoms with E-state index >= 15 is 0 Å². The van der Waals surface area contributed by atoms with E-state index < -0.39 is 0 Å². The summed E-state index contributed by atoms with van der Waals surface area (Å²) in [4.78, 5) is 12.4. The Morgan fingerprint density at radius 1 is 0.840 bits per heavy atom. The van der Waals surface area contributed by atoms with E-state index in [1.165, 1.54) is 55.2 Å². The maximum Gasteiger partial charge on any atom is 0.185 e. The lowest BCUT2D eigenvalue weighted by Crippen LogP contribution is -2.04. The molecule has 0 aromatic heterocycles. The van der Waals surface area contributed by atoms with Crippen molar-refractivity contribution in [3.05, 3.63) is 76.4 Å². The second-order valence-electron chi connectivity index (χ2n) is 7.54. The average molecular weight is 330 g/mol. The van der Waals surface area contributed by atoms with Gasteiger partial charge >= 0.3 is 0 Å². The van der Waals surface area contributed by atoms with Gasteiger partial charge in [0.15, 0.2) is 5.78 Å². The third kappa shape index (κ3) is 3.76. The molecule has 0 spiro atoms. The molecular weight excluding hydrogens is 304 g/mol. The van der Waals surface area contributed by atoms with Crippen LogP contribution in [0.5, 0.6) is 0 Å². The van der Waals surface area contributed by atoms with Crippen molar-refractivity contribution in [2.45, 2.75) is 57.3 Å². The summed E-state index contributed by atoms with van der Waals surface area (Å²) < 4.78 is 0. The molecule has 25 heavy (non-hydrogen) atoms. The summed E-state index contributed by atoms with van der Waals surface area (Å²) in [6.07, 6.45) is 13.9. The van der Waals surface area contributed by atoms with Crippen LogP contribution in [0.2, 0.25) is 0 Å². The van der Waals surface area contributed by atoms with Crippen LogP contribution in [0.1, 0.15) is 77.1 Å². The molecule has 128 valence electrons. The van der Waals surface area contributed by atoms with Crippen LogP contribution in [0, 0.1) is 0 Å². The summed E-state index contributed by atoms with van der Waals surface area (Å²) >= 11 is 0. The molecule has 2 aromatic rings. The molecule has 0 atom stereocenters. The van der Waals surface area contributed by atoms with Gasteiger partial charge in [0.1, 0.15) is 0 Å². The van der Waals surface area contributed by atoms with Gasteiger partial charge in [0.2, 0.25) is 0 Å². The Hall–Kier alpha value is -2.15. The average Bonchev–Trinajstić information content (AvgIpc) is 3.15. The lowest BCUT2D eigenvalue weighted by atomic mass is 9.84. The molecule has 0 saturated heterocycles. The molecule has 2 aliphatic rings. The van der Waals surface area contributed by atoms with Gasteiger partial charge in [-0.25, -0.2) is 0 Å². The second kappa shape index (κ2) is 7.39. The zero-order valence-electron chi connectivity index (χ0n) is 14.8. The van der Waals surface area contributed by atoms with E-state index in [4.69, 9.17) is 0 Å². The molecule has 0 amide bonds. The number of ketones is 1. The lowest BCUT2D eigenvalue weighted by Gasteiger charge is -2.21.